The van der Waals surface area contributed by atoms with E-state index < -0.39 is 0 Å². The van der Waals surface area contributed by atoms with Gasteiger partial charge in [-0.1, -0.05) is 0 Å². The van der Waals surface area contributed by atoms with E-state index in [4.69, 9.17) is 20.2 Å². The number of nitrogen functional groups attached to an aromatic ring is 1. The Labute approximate surface area is 151 Å². The molecule has 0 spiro atoms. The van der Waals surface area contributed by atoms with Crippen molar-refractivity contribution in [1.82, 2.24) is 15.0 Å². The Balaban J connectivity index is 1.84. The fourth-order valence-corrected chi connectivity index (χ4v) is 3.32. The van der Waals surface area contributed by atoms with Gasteiger partial charge in [0.2, 0.25) is 5.95 Å². The molecule has 7 nitrogen and oxygen atoms in total. The standard InChI is InChI=1S/C19H21N5O2/c1-25-15-8-5-12(11-16(15)26-2)13-6-7-14-17(21-13)18(23-19(20)22-14)24-9-3-4-10-24/h5-8,11H,3-4,9-10H2,1-2H3,(H2,20,22,23). The summed E-state index contributed by atoms with van der Waals surface area (Å²) in [7, 11) is 3.24. The molecule has 1 fully saturated rings. The van der Waals surface area contributed by atoms with Crippen LogP contribution < -0.4 is 20.1 Å². The smallest absolute Gasteiger partial charge is 0.222 e. The zero-order chi connectivity index (χ0) is 18.1. The lowest BCUT2D eigenvalue weighted by Crippen LogP contribution is -2.20. The highest BCUT2D eigenvalue weighted by molar-refractivity contribution is 5.88. The van der Waals surface area contributed by atoms with E-state index in [9.17, 15) is 0 Å². The van der Waals surface area contributed by atoms with Crippen molar-refractivity contribution in [2.75, 3.05) is 37.9 Å². The number of hydrogen-bond acceptors (Lipinski definition) is 7. The van der Waals surface area contributed by atoms with Gasteiger partial charge in [-0.05, 0) is 43.2 Å². The molecule has 2 N–H and O–H groups in total. The van der Waals surface area contributed by atoms with Crippen LogP contribution in [0.1, 0.15) is 12.8 Å². The Morgan fingerprint density at radius 2 is 1.69 bits per heavy atom. The summed E-state index contributed by atoms with van der Waals surface area (Å²) in [5.41, 5.74) is 9.19. The van der Waals surface area contributed by atoms with Gasteiger partial charge in [0.25, 0.3) is 0 Å². The molecule has 1 aliphatic rings. The van der Waals surface area contributed by atoms with Gasteiger partial charge < -0.3 is 20.1 Å². The van der Waals surface area contributed by atoms with Gasteiger partial charge in [-0.15, -0.1) is 0 Å². The lowest BCUT2D eigenvalue weighted by Gasteiger charge is -2.18. The number of pyridine rings is 1. The predicted molar refractivity (Wildman–Crippen MR) is 102 cm³/mol. The average Bonchev–Trinajstić information content (AvgIpc) is 3.21. The highest BCUT2D eigenvalue weighted by Crippen LogP contribution is 2.33. The Kier molecular flexibility index (Phi) is 4.20. The first-order valence-corrected chi connectivity index (χ1v) is 8.61. The molecule has 0 radical (unpaired) electrons. The van der Waals surface area contributed by atoms with E-state index in [1.54, 1.807) is 14.2 Å². The molecule has 134 valence electrons. The number of anilines is 2. The molecule has 1 aromatic carbocycles. The summed E-state index contributed by atoms with van der Waals surface area (Å²) in [5.74, 6) is 2.44. The van der Waals surface area contributed by atoms with Gasteiger partial charge in [-0.3, -0.25) is 0 Å². The van der Waals surface area contributed by atoms with Gasteiger partial charge in [0, 0.05) is 18.7 Å². The minimum atomic E-state index is 0.278. The van der Waals surface area contributed by atoms with Crippen LogP contribution in [0.4, 0.5) is 11.8 Å². The fraction of sp³-hybridized carbons (Fsp3) is 0.316. The molecular formula is C19H21N5O2. The van der Waals surface area contributed by atoms with Crippen molar-refractivity contribution in [3.05, 3.63) is 30.3 Å². The predicted octanol–water partition coefficient (Wildman–Crippen LogP) is 2.89. The van der Waals surface area contributed by atoms with Crippen LogP contribution >= 0.6 is 0 Å². The summed E-state index contributed by atoms with van der Waals surface area (Å²) in [6.45, 7) is 1.93. The van der Waals surface area contributed by atoms with E-state index in [1.807, 2.05) is 30.3 Å². The van der Waals surface area contributed by atoms with Crippen LogP contribution in [0.5, 0.6) is 11.5 Å². The van der Waals surface area contributed by atoms with Crippen LogP contribution in [0.3, 0.4) is 0 Å². The quantitative estimate of drug-likeness (QED) is 0.773. The molecule has 0 amide bonds. The maximum Gasteiger partial charge on any atom is 0.222 e. The molecule has 0 aliphatic carbocycles. The first-order chi connectivity index (χ1) is 12.7. The normalized spacial score (nSPS) is 14.0. The first-order valence-electron chi connectivity index (χ1n) is 8.61. The van der Waals surface area contributed by atoms with E-state index in [2.05, 4.69) is 14.9 Å². The summed E-state index contributed by atoms with van der Waals surface area (Å²) in [5, 5.41) is 0. The van der Waals surface area contributed by atoms with Gasteiger partial charge in [0.1, 0.15) is 5.52 Å². The van der Waals surface area contributed by atoms with E-state index in [1.165, 1.54) is 0 Å². The Morgan fingerprint density at radius 3 is 2.42 bits per heavy atom. The van der Waals surface area contributed by atoms with Crippen molar-refractivity contribution in [1.29, 1.82) is 0 Å². The molecular weight excluding hydrogens is 330 g/mol. The lowest BCUT2D eigenvalue weighted by atomic mass is 10.1. The summed E-state index contributed by atoms with van der Waals surface area (Å²) in [4.78, 5) is 15.9. The van der Waals surface area contributed by atoms with Crippen LogP contribution in [0.2, 0.25) is 0 Å². The Hall–Kier alpha value is -3.09. The highest BCUT2D eigenvalue weighted by Gasteiger charge is 2.19. The van der Waals surface area contributed by atoms with E-state index in [0.717, 1.165) is 54.0 Å². The molecule has 0 atom stereocenters. The van der Waals surface area contributed by atoms with Gasteiger partial charge in [-0.2, -0.15) is 4.98 Å². The molecule has 0 bridgehead atoms. The third-order valence-electron chi connectivity index (χ3n) is 4.63. The van der Waals surface area contributed by atoms with Gasteiger partial charge in [0.05, 0.1) is 25.4 Å². The van der Waals surface area contributed by atoms with Crippen molar-refractivity contribution < 1.29 is 9.47 Å². The second-order valence-electron chi connectivity index (χ2n) is 6.23. The first kappa shape index (κ1) is 16.4. The number of nitrogens with two attached hydrogens (primary N) is 1. The van der Waals surface area contributed by atoms with E-state index in [0.29, 0.717) is 11.5 Å². The van der Waals surface area contributed by atoms with Crippen molar-refractivity contribution in [2.45, 2.75) is 12.8 Å². The number of rotatable bonds is 4. The summed E-state index contributed by atoms with van der Waals surface area (Å²) in [6, 6.07) is 9.63. The van der Waals surface area contributed by atoms with Crippen LogP contribution in [0.15, 0.2) is 30.3 Å². The second-order valence-corrected chi connectivity index (χ2v) is 6.23. The van der Waals surface area contributed by atoms with Crippen molar-refractivity contribution in [2.24, 2.45) is 0 Å². The summed E-state index contributed by atoms with van der Waals surface area (Å²) < 4.78 is 10.7. The molecule has 2 aromatic heterocycles. The largest absolute Gasteiger partial charge is 0.493 e. The molecule has 0 unspecified atom stereocenters. The van der Waals surface area contributed by atoms with Gasteiger partial charge in [0.15, 0.2) is 17.3 Å². The molecule has 4 rings (SSSR count). The van der Waals surface area contributed by atoms with Crippen LogP contribution in [0.25, 0.3) is 22.3 Å². The van der Waals surface area contributed by atoms with Crippen LogP contribution in [-0.4, -0.2) is 42.3 Å². The average molecular weight is 351 g/mol. The molecule has 3 heterocycles. The minimum absolute atomic E-state index is 0.278. The molecule has 3 aromatic rings. The monoisotopic (exact) mass is 351 g/mol. The van der Waals surface area contributed by atoms with Crippen LogP contribution in [0, 0.1) is 0 Å². The van der Waals surface area contributed by atoms with Gasteiger partial charge in [-0.25, -0.2) is 9.97 Å². The van der Waals surface area contributed by atoms with Crippen molar-refractivity contribution in [3.8, 4) is 22.8 Å². The fourth-order valence-electron chi connectivity index (χ4n) is 3.32. The molecule has 1 saturated heterocycles. The SMILES string of the molecule is COc1ccc(-c2ccc3nc(N)nc(N4CCCC4)c3n2)cc1OC. The molecule has 7 heteroatoms. The summed E-state index contributed by atoms with van der Waals surface area (Å²) in [6.07, 6.45) is 2.31. The zero-order valence-corrected chi connectivity index (χ0v) is 14.9. The third kappa shape index (κ3) is 2.85. The number of fused-ring (bicyclic) bond motifs is 1. The van der Waals surface area contributed by atoms with Crippen LogP contribution in [-0.2, 0) is 0 Å². The highest BCUT2D eigenvalue weighted by atomic mass is 16.5. The number of nitrogens with zero attached hydrogens (tertiary/aromatic N) is 4. The van der Waals surface area contributed by atoms with E-state index >= 15 is 0 Å². The topological polar surface area (TPSA) is 86.4 Å². The van der Waals surface area contributed by atoms with Crippen molar-refractivity contribution in [3.63, 3.8) is 0 Å². The van der Waals surface area contributed by atoms with Crippen molar-refractivity contribution >= 4 is 22.8 Å². The number of methoxy groups -OCH3 is 2. The number of benzene rings is 1. The number of aromatic nitrogens is 3. The number of ether oxygens (including phenoxy) is 2. The Morgan fingerprint density at radius 1 is 0.923 bits per heavy atom. The van der Waals surface area contributed by atoms with E-state index in [-0.39, 0.29) is 5.95 Å². The van der Waals surface area contributed by atoms with Gasteiger partial charge >= 0.3 is 0 Å². The second kappa shape index (κ2) is 6.67. The number of hydrogen-bond donors (Lipinski definition) is 1. The molecule has 26 heavy (non-hydrogen) atoms. The maximum atomic E-state index is 5.90. The Bertz CT molecular complexity index is 954. The molecule has 0 saturated carbocycles. The maximum absolute atomic E-state index is 5.90. The summed E-state index contributed by atoms with van der Waals surface area (Å²) >= 11 is 0. The minimum Gasteiger partial charge on any atom is -0.493 e. The molecule has 1 aliphatic heterocycles. The zero-order valence-electron chi connectivity index (χ0n) is 14.9. The third-order valence-corrected chi connectivity index (χ3v) is 4.63. The lowest BCUT2D eigenvalue weighted by molar-refractivity contribution is 0.355.